The van der Waals surface area contributed by atoms with Gasteiger partial charge in [0.15, 0.2) is 0 Å². The first kappa shape index (κ1) is 13.4. The Kier molecular flexibility index (Phi) is 3.93. The molecule has 1 aromatic carbocycles. The molecule has 3 heteroatoms. The Labute approximate surface area is 109 Å². The summed E-state index contributed by atoms with van der Waals surface area (Å²) in [5.41, 5.74) is 0.130. The first-order valence-electron chi connectivity index (χ1n) is 6.73. The van der Waals surface area contributed by atoms with Gasteiger partial charge in [0, 0.05) is 6.04 Å². The van der Waals surface area contributed by atoms with E-state index >= 15 is 0 Å². The standard InChI is InChI=1S/C15H23NO2/c1-11(2)18-13-8-6-12(7-9-13)15(3,17)14-5-4-10-16-14/h6-9,11,14,16-17H,4-5,10H2,1-3H3. The highest BCUT2D eigenvalue weighted by Crippen LogP contribution is 2.30. The number of benzene rings is 1. The number of aliphatic hydroxyl groups is 1. The largest absolute Gasteiger partial charge is 0.491 e. The lowest BCUT2D eigenvalue weighted by molar-refractivity contribution is 0.0218. The lowest BCUT2D eigenvalue weighted by Gasteiger charge is -2.31. The third-order valence-electron chi connectivity index (χ3n) is 3.55. The third kappa shape index (κ3) is 2.85. The van der Waals surface area contributed by atoms with Gasteiger partial charge in [-0.25, -0.2) is 0 Å². The predicted molar refractivity (Wildman–Crippen MR) is 72.8 cm³/mol. The van der Waals surface area contributed by atoms with Gasteiger partial charge in [-0.15, -0.1) is 0 Å². The Morgan fingerprint density at radius 1 is 1.33 bits per heavy atom. The molecule has 0 bridgehead atoms. The molecule has 18 heavy (non-hydrogen) atoms. The highest BCUT2D eigenvalue weighted by molar-refractivity contribution is 5.31. The summed E-state index contributed by atoms with van der Waals surface area (Å²) in [6.45, 7) is 6.89. The molecule has 2 N–H and O–H groups in total. The molecule has 0 aliphatic carbocycles. The van der Waals surface area contributed by atoms with Crippen LogP contribution in [0.15, 0.2) is 24.3 Å². The molecule has 1 aliphatic heterocycles. The Morgan fingerprint density at radius 3 is 2.50 bits per heavy atom. The second-order valence-corrected chi connectivity index (χ2v) is 5.49. The topological polar surface area (TPSA) is 41.5 Å². The lowest BCUT2D eigenvalue weighted by Crippen LogP contribution is -2.42. The van der Waals surface area contributed by atoms with Crippen LogP contribution >= 0.6 is 0 Å². The number of ether oxygens (including phenoxy) is 1. The van der Waals surface area contributed by atoms with E-state index in [4.69, 9.17) is 4.74 Å². The Balaban J connectivity index is 2.12. The molecule has 1 saturated heterocycles. The van der Waals surface area contributed by atoms with E-state index in [1.807, 2.05) is 45.0 Å². The zero-order valence-corrected chi connectivity index (χ0v) is 11.4. The van der Waals surface area contributed by atoms with Gasteiger partial charge in [-0.2, -0.15) is 0 Å². The highest BCUT2D eigenvalue weighted by atomic mass is 16.5. The second-order valence-electron chi connectivity index (χ2n) is 5.49. The fraction of sp³-hybridized carbons (Fsp3) is 0.600. The summed E-state index contributed by atoms with van der Waals surface area (Å²) in [5.74, 6) is 0.851. The van der Waals surface area contributed by atoms with E-state index in [0.29, 0.717) is 0 Å². The molecule has 0 saturated carbocycles. The Hall–Kier alpha value is -1.06. The monoisotopic (exact) mass is 249 g/mol. The van der Waals surface area contributed by atoms with Crippen molar-refractivity contribution >= 4 is 0 Å². The molecule has 1 heterocycles. The van der Waals surface area contributed by atoms with Crippen LogP contribution in [0.1, 0.15) is 39.2 Å². The molecular weight excluding hydrogens is 226 g/mol. The van der Waals surface area contributed by atoms with Crippen LogP contribution in [0, 0.1) is 0 Å². The lowest BCUT2D eigenvalue weighted by atomic mass is 9.87. The molecule has 0 aromatic heterocycles. The van der Waals surface area contributed by atoms with Gasteiger partial charge in [-0.3, -0.25) is 0 Å². The minimum Gasteiger partial charge on any atom is -0.491 e. The summed E-state index contributed by atoms with van der Waals surface area (Å²) in [6, 6.07) is 7.92. The Bertz CT molecular complexity index is 378. The fourth-order valence-electron chi connectivity index (χ4n) is 2.51. The van der Waals surface area contributed by atoms with Crippen molar-refractivity contribution in [3.05, 3.63) is 29.8 Å². The van der Waals surface area contributed by atoms with E-state index < -0.39 is 5.60 Å². The molecule has 2 unspecified atom stereocenters. The third-order valence-corrected chi connectivity index (χ3v) is 3.55. The molecule has 3 nitrogen and oxygen atoms in total. The maximum Gasteiger partial charge on any atom is 0.119 e. The van der Waals surface area contributed by atoms with Gasteiger partial charge in [0.05, 0.1) is 6.10 Å². The van der Waals surface area contributed by atoms with Crippen LogP contribution in [0.25, 0.3) is 0 Å². The van der Waals surface area contributed by atoms with Crippen LogP contribution in [0.3, 0.4) is 0 Å². The first-order valence-corrected chi connectivity index (χ1v) is 6.73. The number of rotatable bonds is 4. The van der Waals surface area contributed by atoms with Crippen molar-refractivity contribution < 1.29 is 9.84 Å². The van der Waals surface area contributed by atoms with Gasteiger partial charge < -0.3 is 15.2 Å². The van der Waals surface area contributed by atoms with E-state index in [2.05, 4.69) is 5.32 Å². The summed E-state index contributed by atoms with van der Waals surface area (Å²) in [5, 5.41) is 14.0. The van der Waals surface area contributed by atoms with Crippen molar-refractivity contribution in [2.75, 3.05) is 6.54 Å². The van der Waals surface area contributed by atoms with Crippen LogP contribution in [0.5, 0.6) is 5.75 Å². The quantitative estimate of drug-likeness (QED) is 0.861. The summed E-state index contributed by atoms with van der Waals surface area (Å²) in [6.07, 6.45) is 2.33. The maximum atomic E-state index is 10.7. The molecule has 1 aliphatic rings. The normalized spacial score (nSPS) is 23.1. The second kappa shape index (κ2) is 5.29. The molecule has 0 spiro atoms. The van der Waals surface area contributed by atoms with Crippen molar-refractivity contribution in [1.82, 2.24) is 5.32 Å². The van der Waals surface area contributed by atoms with Crippen molar-refractivity contribution in [2.24, 2.45) is 0 Å². The van der Waals surface area contributed by atoms with Crippen molar-refractivity contribution in [1.29, 1.82) is 0 Å². The van der Waals surface area contributed by atoms with E-state index in [1.54, 1.807) is 0 Å². The van der Waals surface area contributed by atoms with Crippen LogP contribution in [0.2, 0.25) is 0 Å². The van der Waals surface area contributed by atoms with Crippen molar-refractivity contribution in [3.63, 3.8) is 0 Å². The van der Waals surface area contributed by atoms with E-state index in [-0.39, 0.29) is 12.1 Å². The maximum absolute atomic E-state index is 10.7. The smallest absolute Gasteiger partial charge is 0.119 e. The average molecular weight is 249 g/mol. The zero-order chi connectivity index (χ0) is 13.2. The van der Waals surface area contributed by atoms with Crippen molar-refractivity contribution in [2.45, 2.75) is 51.4 Å². The van der Waals surface area contributed by atoms with Crippen LogP contribution in [-0.4, -0.2) is 23.8 Å². The van der Waals surface area contributed by atoms with Gasteiger partial charge >= 0.3 is 0 Å². The van der Waals surface area contributed by atoms with E-state index in [9.17, 15) is 5.11 Å². The minimum atomic E-state index is -0.813. The van der Waals surface area contributed by atoms with Crippen LogP contribution < -0.4 is 10.1 Å². The van der Waals surface area contributed by atoms with Crippen LogP contribution in [0.4, 0.5) is 0 Å². The summed E-state index contributed by atoms with van der Waals surface area (Å²) < 4.78 is 5.61. The van der Waals surface area contributed by atoms with Gasteiger partial charge in [-0.1, -0.05) is 12.1 Å². The minimum absolute atomic E-state index is 0.148. The summed E-state index contributed by atoms with van der Waals surface area (Å²) in [7, 11) is 0. The predicted octanol–water partition coefficient (Wildman–Crippen LogP) is 2.43. The molecule has 0 radical (unpaired) electrons. The first-order chi connectivity index (χ1) is 8.50. The number of hydrogen-bond acceptors (Lipinski definition) is 3. The van der Waals surface area contributed by atoms with Crippen LogP contribution in [-0.2, 0) is 5.60 Å². The van der Waals surface area contributed by atoms with Gasteiger partial charge in [0.25, 0.3) is 0 Å². The molecule has 0 amide bonds. The molecule has 1 aromatic rings. The molecular formula is C15H23NO2. The van der Waals surface area contributed by atoms with Crippen molar-refractivity contribution in [3.8, 4) is 5.75 Å². The molecule has 100 valence electrons. The molecule has 1 fully saturated rings. The summed E-state index contributed by atoms with van der Waals surface area (Å²) in [4.78, 5) is 0. The number of nitrogens with one attached hydrogen (secondary N) is 1. The summed E-state index contributed by atoms with van der Waals surface area (Å²) >= 11 is 0. The Morgan fingerprint density at radius 2 is 2.00 bits per heavy atom. The van der Waals surface area contributed by atoms with Gasteiger partial charge in [-0.05, 0) is 57.9 Å². The average Bonchev–Trinajstić information content (AvgIpc) is 2.83. The van der Waals surface area contributed by atoms with E-state index in [0.717, 1.165) is 30.7 Å². The highest BCUT2D eigenvalue weighted by Gasteiger charge is 2.35. The molecule has 2 rings (SSSR count). The fourth-order valence-corrected chi connectivity index (χ4v) is 2.51. The number of hydrogen-bond donors (Lipinski definition) is 2. The van der Waals surface area contributed by atoms with Gasteiger partial charge in [0.1, 0.15) is 11.4 Å². The molecule has 2 atom stereocenters. The SMILES string of the molecule is CC(C)Oc1ccc(C(C)(O)C2CCCN2)cc1. The zero-order valence-electron chi connectivity index (χ0n) is 11.4. The van der Waals surface area contributed by atoms with Gasteiger partial charge in [0.2, 0.25) is 0 Å². The van der Waals surface area contributed by atoms with E-state index in [1.165, 1.54) is 0 Å².